The number of amides is 2. The molecule has 2 heterocycles. The minimum Gasteiger partial charge on any atom is -0.353 e. The molecule has 2 bridgehead atoms. The Kier molecular flexibility index (Phi) is 7.62. The minimum absolute atomic E-state index is 0.0139. The van der Waals surface area contributed by atoms with Gasteiger partial charge >= 0.3 is 0 Å². The van der Waals surface area contributed by atoms with E-state index in [1.165, 1.54) is 6.42 Å². The molecule has 33 heavy (non-hydrogen) atoms. The van der Waals surface area contributed by atoms with Gasteiger partial charge in [-0.2, -0.15) is 0 Å². The first-order valence-electron chi connectivity index (χ1n) is 12.3. The topological polar surface area (TPSA) is 75.4 Å². The zero-order valence-corrected chi connectivity index (χ0v) is 19.0. The lowest BCUT2D eigenvalue weighted by atomic mass is 9.82. The van der Waals surface area contributed by atoms with E-state index in [2.05, 4.69) is 5.32 Å². The van der Waals surface area contributed by atoms with E-state index in [1.807, 2.05) is 4.90 Å². The number of halogens is 3. The maximum atomic E-state index is 14.0. The Balaban J connectivity index is 1.28. The molecule has 2 aliphatic heterocycles. The third-order valence-electron chi connectivity index (χ3n) is 7.74. The number of carbonyl (C=O) groups excluding carboxylic acids is 2. The van der Waals surface area contributed by atoms with Gasteiger partial charge < -0.3 is 16.0 Å². The average Bonchev–Trinajstić information content (AvgIpc) is 3.05. The summed E-state index contributed by atoms with van der Waals surface area (Å²) in [6.45, 7) is 0. The average molecular weight is 466 g/mol. The molecule has 3 unspecified atom stereocenters. The molecule has 1 aromatic rings. The molecule has 3 fully saturated rings. The molecular formula is C25H34F3N3O2. The van der Waals surface area contributed by atoms with Gasteiger partial charge in [-0.1, -0.05) is 19.3 Å². The molecule has 1 saturated carbocycles. The van der Waals surface area contributed by atoms with Gasteiger partial charge in [0.25, 0.3) is 0 Å². The van der Waals surface area contributed by atoms with Gasteiger partial charge in [0, 0.05) is 43.1 Å². The number of hydrogen-bond acceptors (Lipinski definition) is 3. The van der Waals surface area contributed by atoms with Crippen molar-refractivity contribution in [2.45, 2.75) is 101 Å². The fourth-order valence-corrected chi connectivity index (χ4v) is 6.01. The van der Waals surface area contributed by atoms with Gasteiger partial charge in [0.15, 0.2) is 11.6 Å². The summed E-state index contributed by atoms with van der Waals surface area (Å²) in [5, 5.41) is 3.07. The first-order chi connectivity index (χ1) is 15.8. The Hall–Kier alpha value is -2.09. The van der Waals surface area contributed by atoms with Crippen LogP contribution in [0, 0.1) is 23.4 Å². The molecule has 1 aromatic carbocycles. The Labute approximate surface area is 193 Å². The standard InChI is InChI=1S/C25H34F3N3O2/c26-20-14-22(28)21(27)12-15(20)13-23(29)16-10-18-6-7-19(11-16)31(18)25(33)9-8-24(32)30-17-4-2-1-3-5-17/h12,14,16-19,23H,1-11,13,29H2,(H,30,32). The number of nitrogens with one attached hydrogen (secondary N) is 1. The molecule has 2 saturated heterocycles. The molecule has 8 heteroatoms. The van der Waals surface area contributed by atoms with Crippen LogP contribution in [0.4, 0.5) is 13.2 Å². The number of benzene rings is 1. The Morgan fingerprint density at radius 1 is 0.939 bits per heavy atom. The number of nitrogens with two attached hydrogens (primary N) is 1. The Bertz CT molecular complexity index is 861. The smallest absolute Gasteiger partial charge is 0.223 e. The number of piperidine rings is 1. The minimum atomic E-state index is -1.21. The highest BCUT2D eigenvalue weighted by atomic mass is 19.2. The quantitative estimate of drug-likeness (QED) is 0.599. The SMILES string of the molecule is NC(Cc1cc(F)c(F)cc1F)C1CC2CCC(C1)N2C(=O)CCC(=O)NC1CCCCC1. The second-order valence-corrected chi connectivity index (χ2v) is 10.0. The van der Waals surface area contributed by atoms with Crippen LogP contribution in [0.15, 0.2) is 12.1 Å². The van der Waals surface area contributed by atoms with E-state index in [-0.39, 0.29) is 60.7 Å². The van der Waals surface area contributed by atoms with Gasteiger partial charge in [-0.05, 0) is 62.5 Å². The van der Waals surface area contributed by atoms with Crippen LogP contribution in [0.1, 0.15) is 76.2 Å². The van der Waals surface area contributed by atoms with Crippen LogP contribution in [0.5, 0.6) is 0 Å². The summed E-state index contributed by atoms with van der Waals surface area (Å²) in [4.78, 5) is 27.2. The summed E-state index contributed by atoms with van der Waals surface area (Å²) in [6, 6.07) is 1.44. The highest BCUT2D eigenvalue weighted by Gasteiger charge is 2.44. The number of fused-ring (bicyclic) bond motifs is 2. The van der Waals surface area contributed by atoms with Crippen molar-refractivity contribution in [3.8, 4) is 0 Å². The fraction of sp³-hybridized carbons (Fsp3) is 0.680. The second kappa shape index (κ2) is 10.5. The van der Waals surface area contributed by atoms with E-state index >= 15 is 0 Å². The van der Waals surface area contributed by atoms with Crippen molar-refractivity contribution < 1.29 is 22.8 Å². The lowest BCUT2D eigenvalue weighted by Gasteiger charge is -2.41. The fourth-order valence-electron chi connectivity index (χ4n) is 6.01. The molecule has 3 aliphatic rings. The summed E-state index contributed by atoms with van der Waals surface area (Å²) < 4.78 is 40.8. The molecular weight excluding hydrogens is 431 g/mol. The van der Waals surface area contributed by atoms with Crippen LogP contribution < -0.4 is 11.1 Å². The highest BCUT2D eigenvalue weighted by Crippen LogP contribution is 2.40. The number of rotatable bonds is 7. The van der Waals surface area contributed by atoms with Gasteiger partial charge in [0.05, 0.1) is 0 Å². The molecule has 0 aromatic heterocycles. The summed E-state index contributed by atoms with van der Waals surface area (Å²) in [5.74, 6) is -3.03. The van der Waals surface area contributed by atoms with E-state index in [4.69, 9.17) is 5.73 Å². The number of hydrogen-bond donors (Lipinski definition) is 2. The van der Waals surface area contributed by atoms with Crippen LogP contribution in [-0.2, 0) is 16.0 Å². The van der Waals surface area contributed by atoms with Gasteiger partial charge in [-0.25, -0.2) is 13.2 Å². The third kappa shape index (κ3) is 5.70. The van der Waals surface area contributed by atoms with E-state index < -0.39 is 23.5 Å². The first-order valence-corrected chi connectivity index (χ1v) is 12.3. The van der Waals surface area contributed by atoms with Crippen LogP contribution in [0.2, 0.25) is 0 Å². The maximum absolute atomic E-state index is 14.0. The van der Waals surface area contributed by atoms with Crippen molar-refractivity contribution >= 4 is 11.8 Å². The Morgan fingerprint density at radius 2 is 1.58 bits per heavy atom. The van der Waals surface area contributed by atoms with Crippen LogP contribution >= 0.6 is 0 Å². The van der Waals surface area contributed by atoms with E-state index in [1.54, 1.807) is 0 Å². The summed E-state index contributed by atoms with van der Waals surface area (Å²) >= 11 is 0. The summed E-state index contributed by atoms with van der Waals surface area (Å²) in [5.41, 5.74) is 6.44. The normalized spacial score (nSPS) is 26.3. The Morgan fingerprint density at radius 3 is 2.24 bits per heavy atom. The molecule has 0 spiro atoms. The van der Waals surface area contributed by atoms with E-state index in [0.717, 1.165) is 44.6 Å². The molecule has 5 nitrogen and oxygen atoms in total. The van der Waals surface area contributed by atoms with Crippen LogP contribution in [0.3, 0.4) is 0 Å². The van der Waals surface area contributed by atoms with Gasteiger partial charge in [0.1, 0.15) is 5.82 Å². The van der Waals surface area contributed by atoms with E-state index in [0.29, 0.717) is 18.9 Å². The third-order valence-corrected chi connectivity index (χ3v) is 7.74. The lowest BCUT2D eigenvalue weighted by Crippen LogP contribution is -2.50. The summed E-state index contributed by atoms with van der Waals surface area (Å²) in [6.07, 6.45) is 9.32. The molecule has 3 atom stereocenters. The molecule has 182 valence electrons. The molecule has 3 N–H and O–H groups in total. The maximum Gasteiger partial charge on any atom is 0.223 e. The zero-order chi connectivity index (χ0) is 23.5. The molecule has 4 rings (SSSR count). The van der Waals surface area contributed by atoms with Crippen LogP contribution in [-0.4, -0.2) is 40.9 Å². The monoisotopic (exact) mass is 465 g/mol. The number of nitrogens with zero attached hydrogens (tertiary/aromatic N) is 1. The van der Waals surface area contributed by atoms with Crippen LogP contribution in [0.25, 0.3) is 0 Å². The summed E-state index contributed by atoms with van der Waals surface area (Å²) in [7, 11) is 0. The molecule has 0 radical (unpaired) electrons. The predicted molar refractivity (Wildman–Crippen MR) is 119 cm³/mol. The van der Waals surface area contributed by atoms with Gasteiger partial charge in [-0.3, -0.25) is 9.59 Å². The first kappa shape index (κ1) is 24.0. The van der Waals surface area contributed by atoms with Gasteiger partial charge in [0.2, 0.25) is 11.8 Å². The number of carbonyl (C=O) groups is 2. The molecule has 1 aliphatic carbocycles. The van der Waals surface area contributed by atoms with Crippen molar-refractivity contribution in [1.29, 1.82) is 0 Å². The van der Waals surface area contributed by atoms with Crippen molar-refractivity contribution in [3.05, 3.63) is 35.1 Å². The largest absolute Gasteiger partial charge is 0.353 e. The van der Waals surface area contributed by atoms with Crippen molar-refractivity contribution in [2.24, 2.45) is 11.7 Å². The highest BCUT2D eigenvalue weighted by molar-refractivity contribution is 5.84. The van der Waals surface area contributed by atoms with Crippen molar-refractivity contribution in [3.63, 3.8) is 0 Å². The lowest BCUT2D eigenvalue weighted by molar-refractivity contribution is -0.138. The van der Waals surface area contributed by atoms with E-state index in [9.17, 15) is 22.8 Å². The second-order valence-electron chi connectivity index (χ2n) is 10.0. The van der Waals surface area contributed by atoms with Gasteiger partial charge in [-0.15, -0.1) is 0 Å². The predicted octanol–water partition coefficient (Wildman–Crippen LogP) is 3.97. The van der Waals surface area contributed by atoms with Crippen molar-refractivity contribution in [2.75, 3.05) is 0 Å². The molecule has 2 amide bonds. The van der Waals surface area contributed by atoms with Crippen molar-refractivity contribution in [1.82, 2.24) is 10.2 Å². The zero-order valence-electron chi connectivity index (χ0n) is 19.0.